The number of rotatable bonds is 3. The zero-order valence-corrected chi connectivity index (χ0v) is 10.6. The zero-order chi connectivity index (χ0) is 14.0. The highest BCUT2D eigenvalue weighted by Gasteiger charge is 2.33. The van der Waals surface area contributed by atoms with Crippen LogP contribution in [0, 0.1) is 6.92 Å². The molecular weight excluding hydrogens is 250 g/mol. The number of carbonyl (C=O) groups is 1. The number of aliphatic carboxylic acids is 1. The maximum Gasteiger partial charge on any atom is 0.333 e. The molecule has 2 rings (SSSR count). The van der Waals surface area contributed by atoms with Crippen molar-refractivity contribution in [2.75, 3.05) is 5.73 Å². The number of hydrogen-bond acceptors (Lipinski definition) is 5. The Morgan fingerprint density at radius 2 is 2.21 bits per heavy atom. The third kappa shape index (κ3) is 3.36. The smallest absolute Gasteiger partial charge is 0.333 e. The molecule has 1 saturated heterocycles. The van der Waals surface area contributed by atoms with Gasteiger partial charge >= 0.3 is 5.97 Å². The molecule has 104 valence electrons. The lowest BCUT2D eigenvalue weighted by Gasteiger charge is -2.31. The Balaban J connectivity index is 2.05. The van der Waals surface area contributed by atoms with Crippen molar-refractivity contribution in [1.29, 1.82) is 0 Å². The summed E-state index contributed by atoms with van der Waals surface area (Å²) >= 11 is 0. The first-order valence-corrected chi connectivity index (χ1v) is 6.05. The van der Waals surface area contributed by atoms with Crippen LogP contribution in [-0.2, 0) is 9.53 Å². The number of benzene rings is 1. The molecule has 3 unspecified atom stereocenters. The number of carboxylic acids is 1. The monoisotopic (exact) mass is 267 g/mol. The second-order valence-electron chi connectivity index (χ2n) is 4.65. The summed E-state index contributed by atoms with van der Waals surface area (Å²) in [5, 5.41) is 18.5. The van der Waals surface area contributed by atoms with Crippen molar-refractivity contribution in [2.24, 2.45) is 0 Å². The molecule has 1 aromatic rings. The van der Waals surface area contributed by atoms with E-state index in [1.54, 1.807) is 18.2 Å². The van der Waals surface area contributed by atoms with Gasteiger partial charge in [0.2, 0.25) is 6.29 Å². The van der Waals surface area contributed by atoms with Crippen molar-refractivity contribution in [1.82, 2.24) is 0 Å². The predicted octanol–water partition coefficient (Wildman–Crippen LogP) is 0.907. The van der Waals surface area contributed by atoms with Gasteiger partial charge in [0.1, 0.15) is 5.75 Å². The van der Waals surface area contributed by atoms with E-state index in [4.69, 9.17) is 20.3 Å². The molecule has 1 aliphatic rings. The van der Waals surface area contributed by atoms with Gasteiger partial charge in [0, 0.05) is 24.6 Å². The Bertz CT molecular complexity index is 476. The van der Waals surface area contributed by atoms with E-state index in [1.165, 1.54) is 0 Å². The van der Waals surface area contributed by atoms with Gasteiger partial charge in [-0.2, -0.15) is 0 Å². The van der Waals surface area contributed by atoms with Crippen LogP contribution >= 0.6 is 0 Å². The SMILES string of the molecule is Cc1ccc(OC2CC(O)CC(C(=O)O)O2)cc1N. The molecule has 1 aliphatic heterocycles. The van der Waals surface area contributed by atoms with E-state index < -0.39 is 24.5 Å². The quantitative estimate of drug-likeness (QED) is 0.703. The summed E-state index contributed by atoms with van der Waals surface area (Å²) in [7, 11) is 0. The van der Waals surface area contributed by atoms with Crippen LogP contribution < -0.4 is 10.5 Å². The molecule has 4 N–H and O–H groups in total. The lowest BCUT2D eigenvalue weighted by atomic mass is 10.1. The van der Waals surface area contributed by atoms with Crippen molar-refractivity contribution < 1.29 is 24.5 Å². The summed E-state index contributed by atoms with van der Waals surface area (Å²) < 4.78 is 10.8. The topological polar surface area (TPSA) is 102 Å². The van der Waals surface area contributed by atoms with E-state index in [2.05, 4.69) is 0 Å². The highest BCUT2D eigenvalue weighted by molar-refractivity contribution is 5.72. The van der Waals surface area contributed by atoms with Gasteiger partial charge in [-0.05, 0) is 18.6 Å². The van der Waals surface area contributed by atoms with Gasteiger partial charge in [-0.25, -0.2) is 4.79 Å². The number of nitrogen functional groups attached to an aromatic ring is 1. The first kappa shape index (κ1) is 13.6. The highest BCUT2D eigenvalue weighted by Crippen LogP contribution is 2.25. The van der Waals surface area contributed by atoms with E-state index in [9.17, 15) is 9.90 Å². The fourth-order valence-corrected chi connectivity index (χ4v) is 1.94. The van der Waals surface area contributed by atoms with Gasteiger partial charge < -0.3 is 25.4 Å². The highest BCUT2D eigenvalue weighted by atomic mass is 16.7. The van der Waals surface area contributed by atoms with Crippen LogP contribution in [0.15, 0.2) is 18.2 Å². The van der Waals surface area contributed by atoms with Gasteiger partial charge in [-0.3, -0.25) is 0 Å². The minimum Gasteiger partial charge on any atom is -0.479 e. The Morgan fingerprint density at radius 1 is 1.47 bits per heavy atom. The van der Waals surface area contributed by atoms with Gasteiger partial charge in [-0.1, -0.05) is 6.07 Å². The fraction of sp³-hybridized carbons (Fsp3) is 0.462. The normalized spacial score (nSPS) is 26.9. The maximum atomic E-state index is 10.9. The average Bonchev–Trinajstić information content (AvgIpc) is 2.33. The molecule has 1 fully saturated rings. The number of ether oxygens (including phenoxy) is 2. The summed E-state index contributed by atoms with van der Waals surface area (Å²) in [4.78, 5) is 10.9. The molecule has 6 heteroatoms. The first-order valence-electron chi connectivity index (χ1n) is 6.05. The maximum absolute atomic E-state index is 10.9. The van der Waals surface area contributed by atoms with Crippen LogP contribution in [0.5, 0.6) is 5.75 Å². The molecule has 6 nitrogen and oxygen atoms in total. The number of hydrogen-bond donors (Lipinski definition) is 3. The summed E-state index contributed by atoms with van der Waals surface area (Å²) in [5.74, 6) is -0.609. The molecule has 0 spiro atoms. The van der Waals surface area contributed by atoms with Gasteiger partial charge in [-0.15, -0.1) is 0 Å². The lowest BCUT2D eigenvalue weighted by molar-refractivity contribution is -0.195. The third-order valence-electron chi connectivity index (χ3n) is 3.06. The average molecular weight is 267 g/mol. The van der Waals surface area contributed by atoms with Crippen LogP contribution in [-0.4, -0.2) is 34.7 Å². The van der Waals surface area contributed by atoms with Crippen molar-refractivity contribution >= 4 is 11.7 Å². The number of anilines is 1. The molecule has 1 aromatic carbocycles. The van der Waals surface area contributed by atoms with Gasteiger partial charge in [0.05, 0.1) is 6.10 Å². The second kappa shape index (κ2) is 5.46. The lowest BCUT2D eigenvalue weighted by Crippen LogP contribution is -2.42. The molecule has 19 heavy (non-hydrogen) atoms. The summed E-state index contributed by atoms with van der Waals surface area (Å²) in [6.07, 6.45) is -2.27. The minimum atomic E-state index is -1.10. The van der Waals surface area contributed by atoms with Crippen molar-refractivity contribution in [3.8, 4) is 5.75 Å². The minimum absolute atomic E-state index is 0.0746. The molecule has 0 radical (unpaired) electrons. The second-order valence-corrected chi connectivity index (χ2v) is 4.65. The van der Waals surface area contributed by atoms with E-state index in [0.717, 1.165) is 5.56 Å². The van der Waals surface area contributed by atoms with Crippen LogP contribution in [0.4, 0.5) is 5.69 Å². The predicted molar refractivity (Wildman–Crippen MR) is 67.8 cm³/mol. The molecule has 0 bridgehead atoms. The van der Waals surface area contributed by atoms with Crippen LogP contribution in [0.3, 0.4) is 0 Å². The van der Waals surface area contributed by atoms with E-state index in [1.807, 2.05) is 6.92 Å². The first-order chi connectivity index (χ1) is 8.95. The fourth-order valence-electron chi connectivity index (χ4n) is 1.94. The largest absolute Gasteiger partial charge is 0.479 e. The summed E-state index contributed by atoms with van der Waals surface area (Å²) in [5.41, 5.74) is 7.28. The molecule has 0 aliphatic carbocycles. The van der Waals surface area contributed by atoms with Crippen LogP contribution in [0.2, 0.25) is 0 Å². The van der Waals surface area contributed by atoms with Crippen molar-refractivity contribution in [3.05, 3.63) is 23.8 Å². The number of carboxylic acid groups (broad SMARTS) is 1. The molecule has 1 heterocycles. The zero-order valence-electron chi connectivity index (χ0n) is 10.6. The van der Waals surface area contributed by atoms with Gasteiger partial charge in [0.15, 0.2) is 6.10 Å². The van der Waals surface area contributed by atoms with Gasteiger partial charge in [0.25, 0.3) is 0 Å². The molecule has 0 saturated carbocycles. The Hall–Kier alpha value is -1.79. The number of aryl methyl sites for hydroxylation is 1. The van der Waals surface area contributed by atoms with Crippen molar-refractivity contribution in [2.45, 2.75) is 38.3 Å². The van der Waals surface area contributed by atoms with Crippen molar-refractivity contribution in [3.63, 3.8) is 0 Å². The number of nitrogens with two attached hydrogens (primary N) is 1. The Labute approximate surface area is 110 Å². The molecule has 3 atom stereocenters. The van der Waals surface area contributed by atoms with Crippen LogP contribution in [0.25, 0.3) is 0 Å². The van der Waals surface area contributed by atoms with E-state index in [0.29, 0.717) is 11.4 Å². The molecular formula is C13H17NO5. The number of aliphatic hydroxyl groups is 1. The molecule has 0 amide bonds. The van der Waals surface area contributed by atoms with E-state index in [-0.39, 0.29) is 12.8 Å². The standard InChI is InChI=1S/C13H17NO5/c1-7-2-3-9(6-10(7)14)18-12-5-8(15)4-11(19-12)13(16)17/h2-3,6,8,11-12,15H,4-5,14H2,1H3,(H,16,17). The Morgan fingerprint density at radius 3 is 2.84 bits per heavy atom. The summed E-state index contributed by atoms with van der Waals surface area (Å²) in [6, 6.07) is 5.18. The molecule has 0 aromatic heterocycles. The third-order valence-corrected chi connectivity index (χ3v) is 3.06. The Kier molecular flexibility index (Phi) is 3.92. The van der Waals surface area contributed by atoms with Crippen LogP contribution in [0.1, 0.15) is 18.4 Å². The number of aliphatic hydroxyl groups excluding tert-OH is 1. The summed E-state index contributed by atoms with van der Waals surface area (Å²) in [6.45, 7) is 1.88. The van der Waals surface area contributed by atoms with E-state index >= 15 is 0 Å².